The van der Waals surface area contributed by atoms with Gasteiger partial charge in [-0.25, -0.2) is 4.79 Å². The zero-order valence-electron chi connectivity index (χ0n) is 15.9. The van der Waals surface area contributed by atoms with Crippen LogP contribution in [0.2, 0.25) is 0 Å². The highest BCUT2D eigenvalue weighted by Crippen LogP contribution is 2.31. The average molecular weight is 368 g/mol. The van der Waals surface area contributed by atoms with Gasteiger partial charge >= 0.3 is 11.9 Å². The second-order valence-electron chi connectivity index (χ2n) is 6.73. The molecule has 4 heteroatoms. The van der Waals surface area contributed by atoms with Gasteiger partial charge in [0.15, 0.2) is 0 Å². The van der Waals surface area contributed by atoms with E-state index in [1.807, 2.05) is 30.3 Å². The van der Waals surface area contributed by atoms with E-state index in [-0.39, 0.29) is 11.5 Å². The van der Waals surface area contributed by atoms with Crippen LogP contribution in [0.3, 0.4) is 0 Å². The third kappa shape index (κ3) is 6.89. The normalized spacial score (nSPS) is 10.6. The Morgan fingerprint density at radius 1 is 0.889 bits per heavy atom. The van der Waals surface area contributed by atoms with Crippen LogP contribution in [0.4, 0.5) is 0 Å². The number of benzene rings is 2. The molecule has 144 valence electrons. The molecule has 0 atom stereocenters. The molecule has 2 rings (SSSR count). The van der Waals surface area contributed by atoms with Crippen molar-refractivity contribution in [2.24, 2.45) is 0 Å². The molecule has 0 fully saturated rings. The fraction of sp³-hybridized carbons (Fsp3) is 0.391. The van der Waals surface area contributed by atoms with Gasteiger partial charge in [0.1, 0.15) is 5.75 Å². The summed E-state index contributed by atoms with van der Waals surface area (Å²) in [5.41, 5.74) is 1.70. The highest BCUT2D eigenvalue weighted by atomic mass is 16.5. The Morgan fingerprint density at radius 2 is 1.56 bits per heavy atom. The minimum atomic E-state index is -1.04. The Kier molecular flexibility index (Phi) is 8.56. The summed E-state index contributed by atoms with van der Waals surface area (Å²) < 4.78 is 5.53. The smallest absolute Gasteiger partial charge is 0.335 e. The van der Waals surface area contributed by atoms with E-state index in [2.05, 4.69) is 6.92 Å². The number of carboxylic acids is 1. The topological polar surface area (TPSA) is 63.6 Å². The maximum Gasteiger partial charge on any atom is 0.335 e. The Bertz CT molecular complexity index is 737. The minimum absolute atomic E-state index is 0.105. The molecule has 0 saturated carbocycles. The molecule has 0 aliphatic heterocycles. The van der Waals surface area contributed by atoms with Gasteiger partial charge in [-0.05, 0) is 30.2 Å². The molecule has 1 N–H and O–H groups in total. The van der Waals surface area contributed by atoms with Crippen LogP contribution in [0.1, 0.15) is 68.6 Å². The molecule has 0 saturated heterocycles. The van der Waals surface area contributed by atoms with Crippen molar-refractivity contribution in [3.05, 3.63) is 54.1 Å². The Balaban J connectivity index is 1.98. The standard InChI is InChI=1S/C23H28O4/c1-2-3-4-5-6-7-11-14-22(24)27-21-17-19(23(25)26)15-16-20(21)18-12-9-8-10-13-18/h8-10,12-13,15-17H,2-7,11,14H2,1H3,(H,25,26). The predicted octanol–water partition coefficient (Wildman–Crippen LogP) is 6.10. The molecular weight excluding hydrogens is 340 g/mol. The van der Waals surface area contributed by atoms with Gasteiger partial charge in [0.2, 0.25) is 0 Å². The molecule has 0 radical (unpaired) electrons. The molecular formula is C23H28O4. The molecule has 2 aromatic rings. The highest BCUT2D eigenvalue weighted by Gasteiger charge is 2.14. The van der Waals surface area contributed by atoms with Gasteiger partial charge in [0, 0.05) is 12.0 Å². The van der Waals surface area contributed by atoms with Crippen molar-refractivity contribution in [1.82, 2.24) is 0 Å². The molecule has 0 amide bonds. The van der Waals surface area contributed by atoms with E-state index in [1.54, 1.807) is 6.07 Å². The first-order chi connectivity index (χ1) is 13.1. The second kappa shape index (κ2) is 11.2. The van der Waals surface area contributed by atoms with Crippen LogP contribution in [0.15, 0.2) is 48.5 Å². The van der Waals surface area contributed by atoms with Crippen molar-refractivity contribution in [3.8, 4) is 16.9 Å². The van der Waals surface area contributed by atoms with E-state index in [9.17, 15) is 14.7 Å². The van der Waals surface area contributed by atoms with E-state index in [1.165, 1.54) is 37.8 Å². The monoisotopic (exact) mass is 368 g/mol. The number of carbonyl (C=O) groups excluding carboxylic acids is 1. The Labute approximate surface area is 161 Å². The summed E-state index contributed by atoms with van der Waals surface area (Å²) in [5.74, 6) is -1.06. The molecule has 4 nitrogen and oxygen atoms in total. The second-order valence-corrected chi connectivity index (χ2v) is 6.73. The van der Waals surface area contributed by atoms with Crippen molar-refractivity contribution in [1.29, 1.82) is 0 Å². The van der Waals surface area contributed by atoms with Crippen LogP contribution in [-0.2, 0) is 4.79 Å². The first-order valence-electron chi connectivity index (χ1n) is 9.75. The van der Waals surface area contributed by atoms with Crippen LogP contribution in [-0.4, -0.2) is 17.0 Å². The summed E-state index contributed by atoms with van der Waals surface area (Å²) in [5, 5.41) is 9.23. The van der Waals surface area contributed by atoms with Crippen molar-refractivity contribution in [3.63, 3.8) is 0 Å². The predicted molar refractivity (Wildman–Crippen MR) is 107 cm³/mol. The van der Waals surface area contributed by atoms with E-state index in [0.29, 0.717) is 17.7 Å². The molecule has 0 unspecified atom stereocenters. The van der Waals surface area contributed by atoms with Gasteiger partial charge in [0.25, 0.3) is 0 Å². The summed E-state index contributed by atoms with van der Waals surface area (Å²) >= 11 is 0. The third-order valence-corrected chi connectivity index (χ3v) is 4.52. The lowest BCUT2D eigenvalue weighted by Gasteiger charge is -2.11. The molecule has 0 aliphatic rings. The van der Waals surface area contributed by atoms with Gasteiger partial charge in [0.05, 0.1) is 5.56 Å². The summed E-state index contributed by atoms with van der Waals surface area (Å²) in [4.78, 5) is 23.5. The number of unbranched alkanes of at least 4 members (excludes halogenated alkanes) is 6. The van der Waals surface area contributed by atoms with Crippen LogP contribution in [0, 0.1) is 0 Å². The quantitative estimate of drug-likeness (QED) is 0.296. The van der Waals surface area contributed by atoms with Crippen molar-refractivity contribution in [2.45, 2.75) is 58.3 Å². The van der Waals surface area contributed by atoms with Gasteiger partial charge < -0.3 is 9.84 Å². The van der Waals surface area contributed by atoms with Crippen LogP contribution >= 0.6 is 0 Å². The van der Waals surface area contributed by atoms with Crippen LogP contribution in [0.25, 0.3) is 11.1 Å². The maximum atomic E-state index is 12.2. The lowest BCUT2D eigenvalue weighted by molar-refractivity contribution is -0.134. The maximum absolute atomic E-state index is 12.2. The minimum Gasteiger partial charge on any atom is -0.478 e. The Hall–Kier alpha value is -2.62. The fourth-order valence-electron chi connectivity index (χ4n) is 3.00. The highest BCUT2D eigenvalue weighted by molar-refractivity contribution is 5.90. The van der Waals surface area contributed by atoms with E-state index in [0.717, 1.165) is 24.8 Å². The summed E-state index contributed by atoms with van der Waals surface area (Å²) in [7, 11) is 0. The summed E-state index contributed by atoms with van der Waals surface area (Å²) in [6.45, 7) is 2.19. The van der Waals surface area contributed by atoms with Crippen molar-refractivity contribution >= 4 is 11.9 Å². The molecule has 0 aromatic heterocycles. The van der Waals surface area contributed by atoms with E-state index >= 15 is 0 Å². The van der Waals surface area contributed by atoms with E-state index < -0.39 is 5.97 Å². The number of esters is 1. The van der Waals surface area contributed by atoms with Gasteiger partial charge in [-0.2, -0.15) is 0 Å². The SMILES string of the molecule is CCCCCCCCCC(=O)Oc1cc(C(=O)O)ccc1-c1ccccc1. The third-order valence-electron chi connectivity index (χ3n) is 4.52. The number of ether oxygens (including phenoxy) is 1. The number of carbonyl (C=O) groups is 2. The first kappa shape index (κ1) is 20.7. The number of carboxylic acid groups (broad SMARTS) is 1. The molecule has 0 heterocycles. The number of rotatable bonds is 11. The molecule has 27 heavy (non-hydrogen) atoms. The number of hydrogen-bond acceptors (Lipinski definition) is 3. The number of aromatic carboxylic acids is 1. The van der Waals surface area contributed by atoms with Gasteiger partial charge in [-0.15, -0.1) is 0 Å². The largest absolute Gasteiger partial charge is 0.478 e. The molecule has 0 aliphatic carbocycles. The molecule has 2 aromatic carbocycles. The van der Waals surface area contributed by atoms with Crippen LogP contribution in [0.5, 0.6) is 5.75 Å². The lowest BCUT2D eigenvalue weighted by atomic mass is 10.0. The van der Waals surface area contributed by atoms with Crippen molar-refractivity contribution in [2.75, 3.05) is 0 Å². The zero-order chi connectivity index (χ0) is 19.5. The number of hydrogen-bond donors (Lipinski definition) is 1. The van der Waals surface area contributed by atoms with Gasteiger partial charge in [-0.1, -0.05) is 75.8 Å². The van der Waals surface area contributed by atoms with Crippen LogP contribution < -0.4 is 4.74 Å². The molecule has 0 spiro atoms. The zero-order valence-corrected chi connectivity index (χ0v) is 15.9. The molecule has 0 bridgehead atoms. The first-order valence-corrected chi connectivity index (χ1v) is 9.75. The van der Waals surface area contributed by atoms with Crippen molar-refractivity contribution < 1.29 is 19.4 Å². The van der Waals surface area contributed by atoms with E-state index in [4.69, 9.17) is 4.74 Å². The summed E-state index contributed by atoms with van der Waals surface area (Å²) in [6, 6.07) is 14.1. The van der Waals surface area contributed by atoms with Gasteiger partial charge in [-0.3, -0.25) is 4.79 Å². The Morgan fingerprint density at radius 3 is 2.22 bits per heavy atom. The lowest BCUT2D eigenvalue weighted by Crippen LogP contribution is -2.09. The summed E-state index contributed by atoms with van der Waals surface area (Å²) in [6.07, 6.45) is 8.25. The fourth-order valence-corrected chi connectivity index (χ4v) is 3.00. The average Bonchev–Trinajstić information content (AvgIpc) is 2.68.